The number of alkyl carbamates (subject to hydrolysis) is 1. The summed E-state index contributed by atoms with van der Waals surface area (Å²) >= 11 is 0. The van der Waals surface area contributed by atoms with Gasteiger partial charge < -0.3 is 34.9 Å². The fraction of sp³-hybridized carbons (Fsp3) is 0.525. The zero-order valence-corrected chi connectivity index (χ0v) is 31.2. The van der Waals surface area contributed by atoms with Crippen LogP contribution >= 0.6 is 0 Å². The van der Waals surface area contributed by atoms with Crippen molar-refractivity contribution in [2.45, 2.75) is 109 Å². The van der Waals surface area contributed by atoms with E-state index in [0.717, 1.165) is 37.1 Å². The maximum absolute atomic E-state index is 14.2. The summed E-state index contributed by atoms with van der Waals surface area (Å²) in [5.41, 5.74) is -0.0981. The number of imidazole rings is 1. The zero-order valence-electron chi connectivity index (χ0n) is 31.2. The summed E-state index contributed by atoms with van der Waals surface area (Å²) in [6.45, 7) is 9.73. The fourth-order valence-corrected chi connectivity index (χ4v) is 7.02. The first-order chi connectivity index (χ1) is 24.7. The Bertz CT molecular complexity index is 1650. The zero-order chi connectivity index (χ0) is 37.4. The first-order valence-corrected chi connectivity index (χ1v) is 18.4. The molecule has 3 aromatic rings. The Balaban J connectivity index is 1.30. The third-order valence-corrected chi connectivity index (χ3v) is 9.95. The lowest BCUT2D eigenvalue weighted by molar-refractivity contribution is -0.136. The first-order valence-electron chi connectivity index (χ1n) is 18.4. The number of nitrogens with zero attached hydrogens (tertiary/aromatic N) is 3. The van der Waals surface area contributed by atoms with Crippen LogP contribution < -0.4 is 16.0 Å². The number of piperidine rings is 1. The minimum Gasteiger partial charge on any atom is -0.444 e. The van der Waals surface area contributed by atoms with Gasteiger partial charge in [-0.1, -0.05) is 79.9 Å². The van der Waals surface area contributed by atoms with Crippen LogP contribution in [0.5, 0.6) is 0 Å². The van der Waals surface area contributed by atoms with Crippen molar-refractivity contribution >= 4 is 29.6 Å². The summed E-state index contributed by atoms with van der Waals surface area (Å²) in [4.78, 5) is 60.3. The topological polar surface area (TPSA) is 144 Å². The van der Waals surface area contributed by atoms with Gasteiger partial charge in [0.05, 0.1) is 19.5 Å². The van der Waals surface area contributed by atoms with Gasteiger partial charge in [-0.3, -0.25) is 14.4 Å². The van der Waals surface area contributed by atoms with E-state index in [9.17, 15) is 19.2 Å². The first kappa shape index (κ1) is 38.5. The molecule has 52 heavy (non-hydrogen) atoms. The van der Waals surface area contributed by atoms with Crippen LogP contribution in [0.4, 0.5) is 10.6 Å². The van der Waals surface area contributed by atoms with Crippen LogP contribution in [0.1, 0.15) is 96.7 Å². The van der Waals surface area contributed by atoms with E-state index in [-0.39, 0.29) is 24.9 Å². The van der Waals surface area contributed by atoms with Crippen LogP contribution in [0.25, 0.3) is 0 Å². The van der Waals surface area contributed by atoms with Crippen molar-refractivity contribution in [1.29, 1.82) is 0 Å². The molecule has 0 radical (unpaired) electrons. The minimum absolute atomic E-state index is 0.00805. The number of carbonyl (C=O) groups excluding carboxylic acids is 4. The van der Waals surface area contributed by atoms with Gasteiger partial charge in [0, 0.05) is 19.3 Å². The van der Waals surface area contributed by atoms with Crippen LogP contribution in [0.15, 0.2) is 73.2 Å². The molecule has 1 aromatic heterocycles. The molecule has 1 saturated carbocycles. The molecule has 280 valence electrons. The summed E-state index contributed by atoms with van der Waals surface area (Å²) in [6.07, 6.45) is 10.8. The van der Waals surface area contributed by atoms with E-state index < -0.39 is 41.1 Å². The molecule has 2 atom stereocenters. The number of hydrogen-bond donors (Lipinski definition) is 3. The lowest BCUT2D eigenvalue weighted by Gasteiger charge is -2.45. The monoisotopic (exact) mass is 714 g/mol. The molecule has 3 N–H and O–H groups in total. The smallest absolute Gasteiger partial charge is 0.408 e. The maximum atomic E-state index is 14.2. The summed E-state index contributed by atoms with van der Waals surface area (Å²) in [5.74, 6) is -0.979. The van der Waals surface area contributed by atoms with Crippen molar-refractivity contribution in [2.24, 2.45) is 5.41 Å². The molecule has 12 nitrogen and oxygen atoms in total. The summed E-state index contributed by atoms with van der Waals surface area (Å²) in [5, 5.41) is 8.11. The molecular weight excluding hydrogens is 660 g/mol. The number of nitrogens with one attached hydrogen (secondary N) is 3. The molecule has 2 heterocycles. The fourth-order valence-electron chi connectivity index (χ4n) is 7.02. The Hall–Kier alpha value is -4.71. The van der Waals surface area contributed by atoms with Crippen molar-refractivity contribution in [3.8, 4) is 0 Å². The number of rotatable bonds is 12. The number of carbonyl (C=O) groups is 4. The molecule has 2 aliphatic rings. The van der Waals surface area contributed by atoms with Crippen molar-refractivity contribution in [1.82, 2.24) is 25.1 Å². The number of ether oxygens (including phenoxy) is 2. The van der Waals surface area contributed by atoms with Gasteiger partial charge in [0.25, 0.3) is 5.91 Å². The Morgan fingerprint density at radius 2 is 1.50 bits per heavy atom. The van der Waals surface area contributed by atoms with Crippen LogP contribution in [-0.2, 0) is 30.5 Å². The molecule has 1 saturated heterocycles. The number of benzene rings is 2. The van der Waals surface area contributed by atoms with Crippen LogP contribution in [0.3, 0.4) is 0 Å². The Morgan fingerprint density at radius 3 is 2.13 bits per heavy atom. The average molecular weight is 715 g/mol. The Morgan fingerprint density at radius 1 is 0.865 bits per heavy atom. The largest absolute Gasteiger partial charge is 0.444 e. The van der Waals surface area contributed by atoms with Crippen molar-refractivity contribution < 1.29 is 28.7 Å². The van der Waals surface area contributed by atoms with Gasteiger partial charge in [-0.15, -0.1) is 0 Å². The van der Waals surface area contributed by atoms with Crippen molar-refractivity contribution in [3.63, 3.8) is 0 Å². The van der Waals surface area contributed by atoms with Crippen LogP contribution in [0.2, 0.25) is 0 Å². The van der Waals surface area contributed by atoms with E-state index in [1.54, 1.807) is 37.9 Å². The van der Waals surface area contributed by atoms with Gasteiger partial charge in [0.15, 0.2) is 5.82 Å². The summed E-state index contributed by atoms with van der Waals surface area (Å²) in [7, 11) is 0. The SMILES string of the molecule is CC(C)(C)OC(=O)NC(C)(C)C(=O)N[C@H](COCc1ccccc1)C(=O)Nc1cn(C(C(=O)N2CCC3(CCCCC3)CC2)c2ccccc2)cn1. The predicted molar refractivity (Wildman–Crippen MR) is 198 cm³/mol. The van der Waals surface area contributed by atoms with Gasteiger partial charge in [0.1, 0.15) is 23.2 Å². The quantitative estimate of drug-likeness (QED) is 0.209. The second kappa shape index (κ2) is 16.8. The standard InChI is InChI=1S/C40H54N6O6/c1-38(2,3)52-37(50)44-39(4,5)36(49)42-31(27-51-26-29-15-9-6-10-16-29)34(47)43-32-25-46(28-41-32)33(30-17-11-7-12-18-30)35(48)45-23-21-40(22-24-45)19-13-8-14-20-40/h6-7,9-12,15-18,25,28,31,33H,8,13-14,19-24,26-27H2,1-5H3,(H,42,49)(H,43,47)(H,44,50)/t31-,33?/m1/s1. The third kappa shape index (κ3) is 10.4. The van der Waals surface area contributed by atoms with E-state index in [2.05, 4.69) is 20.9 Å². The van der Waals surface area contributed by atoms with Crippen LogP contribution in [0, 0.1) is 5.41 Å². The third-order valence-electron chi connectivity index (χ3n) is 9.95. The molecule has 12 heteroatoms. The average Bonchev–Trinajstić information content (AvgIpc) is 3.55. The highest BCUT2D eigenvalue weighted by molar-refractivity contribution is 5.98. The van der Waals surface area contributed by atoms with Crippen molar-refractivity contribution in [3.05, 3.63) is 84.3 Å². The molecule has 1 spiro atoms. The lowest BCUT2D eigenvalue weighted by Crippen LogP contribution is -2.59. The predicted octanol–water partition coefficient (Wildman–Crippen LogP) is 5.99. The Labute approximate surface area is 307 Å². The van der Waals surface area contributed by atoms with E-state index >= 15 is 0 Å². The van der Waals surface area contributed by atoms with Gasteiger partial charge >= 0.3 is 6.09 Å². The number of likely N-dealkylation sites (tertiary alicyclic amines) is 1. The molecule has 2 fully saturated rings. The van der Waals surface area contributed by atoms with E-state index in [1.807, 2.05) is 65.6 Å². The Kier molecular flexibility index (Phi) is 12.4. The molecule has 4 amide bonds. The van der Waals surface area contributed by atoms with E-state index in [0.29, 0.717) is 5.41 Å². The maximum Gasteiger partial charge on any atom is 0.408 e. The lowest BCUT2D eigenvalue weighted by atomic mass is 9.68. The molecular formula is C40H54N6O6. The van der Waals surface area contributed by atoms with E-state index in [1.165, 1.54) is 46.0 Å². The summed E-state index contributed by atoms with van der Waals surface area (Å²) < 4.78 is 12.9. The summed E-state index contributed by atoms with van der Waals surface area (Å²) in [6, 6.07) is 17.2. The van der Waals surface area contributed by atoms with Gasteiger partial charge in [-0.2, -0.15) is 0 Å². The van der Waals surface area contributed by atoms with Crippen molar-refractivity contribution in [2.75, 3.05) is 25.0 Å². The van der Waals surface area contributed by atoms with E-state index in [4.69, 9.17) is 9.47 Å². The second-order valence-electron chi connectivity index (χ2n) is 15.7. The molecule has 1 unspecified atom stereocenters. The minimum atomic E-state index is -1.42. The number of anilines is 1. The van der Waals surface area contributed by atoms with Gasteiger partial charge in [-0.25, -0.2) is 9.78 Å². The molecule has 2 aromatic carbocycles. The highest BCUT2D eigenvalue weighted by atomic mass is 16.6. The molecule has 1 aliphatic carbocycles. The van der Waals surface area contributed by atoms with Crippen LogP contribution in [-0.4, -0.2) is 75.1 Å². The highest BCUT2D eigenvalue weighted by Crippen LogP contribution is 2.45. The van der Waals surface area contributed by atoms with Gasteiger partial charge in [-0.05, 0) is 76.8 Å². The second-order valence-corrected chi connectivity index (χ2v) is 15.7. The number of aromatic nitrogens is 2. The molecule has 5 rings (SSSR count). The normalized spacial score (nSPS) is 17.1. The molecule has 0 bridgehead atoms. The number of hydrogen-bond acceptors (Lipinski definition) is 7. The highest BCUT2D eigenvalue weighted by Gasteiger charge is 2.39. The van der Waals surface area contributed by atoms with Gasteiger partial charge in [0.2, 0.25) is 11.8 Å². The molecule has 1 aliphatic heterocycles. The number of amides is 4.